The second-order valence-electron chi connectivity index (χ2n) is 7.08. The molecule has 2 aromatic carbocycles. The van der Waals surface area contributed by atoms with Crippen molar-refractivity contribution >= 4 is 81.5 Å². The third-order valence-corrected chi connectivity index (χ3v) is 6.70. The van der Waals surface area contributed by atoms with Crippen LogP contribution in [0.5, 0.6) is 0 Å². The molecule has 1 heterocycles. The first-order chi connectivity index (χ1) is 15.9. The Morgan fingerprint density at radius 2 is 1.59 bits per heavy atom. The largest absolute Gasteiger partial charge is 0.454 e. The van der Waals surface area contributed by atoms with E-state index in [4.69, 9.17) is 51.1 Å². The topological polar surface area (TPSA) is 136 Å². The number of ether oxygens (including phenoxy) is 1. The highest BCUT2D eigenvalue weighted by molar-refractivity contribution is 6.55. The molecule has 3 rings (SSSR count). The summed E-state index contributed by atoms with van der Waals surface area (Å²) in [4.78, 5) is 61.2. The highest BCUT2D eigenvalue weighted by Crippen LogP contribution is 2.45. The number of carbonyl (C=O) groups is 4. The van der Waals surface area contributed by atoms with E-state index < -0.39 is 41.3 Å². The molecule has 0 aromatic heterocycles. The molecule has 2 aromatic rings. The molecule has 10 nitrogen and oxygen atoms in total. The Labute approximate surface area is 211 Å². The number of fused-ring (bicyclic) bond motifs is 1. The summed E-state index contributed by atoms with van der Waals surface area (Å²) < 4.78 is 4.91. The van der Waals surface area contributed by atoms with Gasteiger partial charge in [-0.15, -0.1) is 0 Å². The molecule has 1 atom stereocenters. The zero-order valence-electron chi connectivity index (χ0n) is 17.3. The van der Waals surface area contributed by atoms with Crippen molar-refractivity contribution in [1.82, 2.24) is 4.90 Å². The smallest absolute Gasteiger partial charge is 0.329 e. The zero-order valence-corrected chi connectivity index (χ0v) is 20.3. The minimum Gasteiger partial charge on any atom is -0.454 e. The van der Waals surface area contributed by atoms with Crippen LogP contribution < -0.4 is 5.32 Å². The zero-order chi connectivity index (χ0) is 25.5. The summed E-state index contributed by atoms with van der Waals surface area (Å²) in [7, 11) is 0. The fourth-order valence-corrected chi connectivity index (χ4v) is 4.18. The van der Waals surface area contributed by atoms with Crippen LogP contribution in [0.2, 0.25) is 20.1 Å². The summed E-state index contributed by atoms with van der Waals surface area (Å²) in [6, 6.07) is 2.58. The molecular weight excluding hydrogens is 536 g/mol. The lowest BCUT2D eigenvalue weighted by Crippen LogP contribution is -2.44. The number of imide groups is 1. The number of nitro groups is 1. The van der Waals surface area contributed by atoms with Crippen LogP contribution in [-0.4, -0.2) is 46.2 Å². The standard InChI is InChI=1S/C20H13Cl4N3O7/c1-7-3-4-9(5-10(7)27(32)33)25-11(28)6-34-20(31)8(2)26-18(29)12-13(19(26)30)15(22)17(24)16(23)14(12)21/h3-5,8H,6H2,1-2H3,(H,25,28)/t8-/m0/s1. The van der Waals surface area contributed by atoms with Gasteiger partial charge in [-0.3, -0.25) is 29.4 Å². The van der Waals surface area contributed by atoms with Crippen LogP contribution in [0.25, 0.3) is 0 Å². The quantitative estimate of drug-likeness (QED) is 0.138. The fourth-order valence-electron chi connectivity index (χ4n) is 3.16. The number of halogens is 4. The Balaban J connectivity index is 1.70. The van der Waals surface area contributed by atoms with Crippen molar-refractivity contribution in [3.05, 3.63) is 65.1 Å². The van der Waals surface area contributed by atoms with Crippen molar-refractivity contribution in [2.75, 3.05) is 11.9 Å². The van der Waals surface area contributed by atoms with Gasteiger partial charge in [0.2, 0.25) is 0 Å². The first-order valence-electron chi connectivity index (χ1n) is 9.32. The van der Waals surface area contributed by atoms with Crippen molar-refractivity contribution < 1.29 is 28.8 Å². The molecule has 14 heteroatoms. The summed E-state index contributed by atoms with van der Waals surface area (Å²) in [5.41, 5.74) is -0.294. The first-order valence-corrected chi connectivity index (χ1v) is 10.8. The van der Waals surface area contributed by atoms with Gasteiger partial charge >= 0.3 is 5.97 Å². The molecule has 0 unspecified atom stereocenters. The number of aryl methyl sites for hydroxylation is 1. The monoisotopic (exact) mass is 547 g/mol. The molecule has 0 bridgehead atoms. The second kappa shape index (κ2) is 9.75. The Bertz CT molecular complexity index is 1230. The van der Waals surface area contributed by atoms with Crippen LogP contribution in [0.1, 0.15) is 33.2 Å². The number of rotatable bonds is 6. The number of nitrogens with one attached hydrogen (secondary N) is 1. The van der Waals surface area contributed by atoms with E-state index in [0.717, 1.165) is 6.07 Å². The highest BCUT2D eigenvalue weighted by Gasteiger charge is 2.45. The Morgan fingerprint density at radius 3 is 2.09 bits per heavy atom. The van der Waals surface area contributed by atoms with E-state index in [1.165, 1.54) is 26.0 Å². The normalized spacial score (nSPS) is 13.5. The molecule has 3 amide bonds. The van der Waals surface area contributed by atoms with Gasteiger partial charge in [0.15, 0.2) is 6.61 Å². The Hall–Kier alpha value is -2.92. The van der Waals surface area contributed by atoms with Crippen molar-refractivity contribution in [2.45, 2.75) is 19.9 Å². The van der Waals surface area contributed by atoms with E-state index in [-0.39, 0.29) is 42.6 Å². The predicted octanol–water partition coefficient (Wildman–Crippen LogP) is 4.68. The van der Waals surface area contributed by atoms with Crippen LogP contribution in [0.4, 0.5) is 11.4 Å². The molecular formula is C20H13Cl4N3O7. The van der Waals surface area contributed by atoms with Gasteiger partial charge in [-0.05, 0) is 19.9 Å². The number of esters is 1. The number of hydrogen-bond donors (Lipinski definition) is 1. The van der Waals surface area contributed by atoms with Crippen molar-refractivity contribution in [2.24, 2.45) is 0 Å². The molecule has 0 saturated carbocycles. The van der Waals surface area contributed by atoms with E-state index >= 15 is 0 Å². The lowest BCUT2D eigenvalue weighted by Gasteiger charge is -2.20. The number of nitrogens with zero attached hydrogens (tertiary/aromatic N) is 2. The SMILES string of the molecule is Cc1ccc(NC(=O)COC(=O)[C@H](C)N2C(=O)c3c(Cl)c(Cl)c(Cl)c(Cl)c3C2=O)cc1[N+](=O)[O-]. The molecule has 1 N–H and O–H groups in total. The third kappa shape index (κ3) is 4.54. The lowest BCUT2D eigenvalue weighted by atomic mass is 10.1. The van der Waals surface area contributed by atoms with Crippen LogP contribution in [0.3, 0.4) is 0 Å². The van der Waals surface area contributed by atoms with Crippen LogP contribution in [0.15, 0.2) is 18.2 Å². The maximum Gasteiger partial charge on any atom is 0.329 e. The maximum atomic E-state index is 12.8. The van der Waals surface area contributed by atoms with Gasteiger partial charge < -0.3 is 10.1 Å². The van der Waals surface area contributed by atoms with Gasteiger partial charge in [0, 0.05) is 17.3 Å². The molecule has 0 aliphatic carbocycles. The Morgan fingerprint density at radius 1 is 1.06 bits per heavy atom. The maximum absolute atomic E-state index is 12.8. The molecule has 0 spiro atoms. The summed E-state index contributed by atoms with van der Waals surface area (Å²) >= 11 is 24.0. The molecule has 0 radical (unpaired) electrons. The molecule has 0 fully saturated rings. The van der Waals surface area contributed by atoms with Crippen molar-refractivity contribution in [3.63, 3.8) is 0 Å². The predicted molar refractivity (Wildman–Crippen MR) is 124 cm³/mol. The van der Waals surface area contributed by atoms with E-state index in [1.807, 2.05) is 0 Å². The van der Waals surface area contributed by atoms with Gasteiger partial charge in [0.05, 0.1) is 36.1 Å². The van der Waals surface area contributed by atoms with Crippen molar-refractivity contribution in [3.8, 4) is 0 Å². The van der Waals surface area contributed by atoms with Gasteiger partial charge in [-0.25, -0.2) is 4.79 Å². The second-order valence-corrected chi connectivity index (χ2v) is 8.59. The summed E-state index contributed by atoms with van der Waals surface area (Å²) in [6.07, 6.45) is 0. The summed E-state index contributed by atoms with van der Waals surface area (Å²) in [5.74, 6) is -3.76. The third-order valence-electron chi connectivity index (χ3n) is 4.90. The minimum atomic E-state index is -1.45. The molecule has 178 valence electrons. The van der Waals surface area contributed by atoms with E-state index in [2.05, 4.69) is 5.32 Å². The van der Waals surface area contributed by atoms with E-state index in [0.29, 0.717) is 10.5 Å². The minimum absolute atomic E-state index is 0.116. The molecule has 1 aliphatic rings. The Kier molecular flexibility index (Phi) is 7.37. The lowest BCUT2D eigenvalue weighted by molar-refractivity contribution is -0.385. The average molecular weight is 549 g/mol. The molecule has 0 saturated heterocycles. The number of nitro benzene ring substituents is 1. The van der Waals surface area contributed by atoms with Crippen LogP contribution in [-0.2, 0) is 14.3 Å². The van der Waals surface area contributed by atoms with Gasteiger partial charge in [-0.2, -0.15) is 0 Å². The summed E-state index contributed by atoms with van der Waals surface area (Å²) in [5, 5.41) is 12.3. The highest BCUT2D eigenvalue weighted by atomic mass is 35.5. The number of amides is 3. The van der Waals surface area contributed by atoms with Crippen LogP contribution in [0, 0.1) is 17.0 Å². The molecule has 34 heavy (non-hydrogen) atoms. The van der Waals surface area contributed by atoms with E-state index in [1.54, 1.807) is 0 Å². The van der Waals surface area contributed by atoms with Crippen molar-refractivity contribution in [1.29, 1.82) is 0 Å². The number of hydrogen-bond acceptors (Lipinski definition) is 7. The van der Waals surface area contributed by atoms with Gasteiger partial charge in [0.25, 0.3) is 23.4 Å². The van der Waals surface area contributed by atoms with E-state index in [9.17, 15) is 29.3 Å². The average Bonchev–Trinajstić information content (AvgIpc) is 3.05. The van der Waals surface area contributed by atoms with Gasteiger partial charge in [0.1, 0.15) is 6.04 Å². The van der Waals surface area contributed by atoms with Gasteiger partial charge in [-0.1, -0.05) is 52.5 Å². The first kappa shape index (κ1) is 25.7. The summed E-state index contributed by atoms with van der Waals surface area (Å²) in [6.45, 7) is 1.96. The number of anilines is 1. The van der Waals surface area contributed by atoms with Crippen LogP contribution >= 0.6 is 46.4 Å². The number of carbonyl (C=O) groups excluding carboxylic acids is 4. The number of benzene rings is 2. The fraction of sp³-hybridized carbons (Fsp3) is 0.200. The molecule has 1 aliphatic heterocycles.